The molecule has 1 unspecified atom stereocenters. The van der Waals surface area contributed by atoms with E-state index in [0.29, 0.717) is 5.13 Å². The normalized spacial score (nSPS) is 12.9. The summed E-state index contributed by atoms with van der Waals surface area (Å²) in [6, 6.07) is 0.214. The van der Waals surface area contributed by atoms with Gasteiger partial charge in [-0.25, -0.2) is 4.98 Å². The molecule has 84 valence electrons. The maximum absolute atomic E-state index is 11.4. The molecule has 1 aromatic heterocycles. The number of carbonyl (C=O) groups is 1. The average molecular weight is 227 g/mol. The predicted molar refractivity (Wildman–Crippen MR) is 63.1 cm³/mol. The van der Waals surface area contributed by atoms with Crippen LogP contribution in [0.25, 0.3) is 0 Å². The van der Waals surface area contributed by atoms with Crippen molar-refractivity contribution in [2.45, 2.75) is 26.8 Å². The average Bonchev–Trinajstić information content (AvgIpc) is 2.65. The van der Waals surface area contributed by atoms with Crippen molar-refractivity contribution in [2.24, 2.45) is 5.92 Å². The van der Waals surface area contributed by atoms with Gasteiger partial charge in [0.15, 0.2) is 5.13 Å². The van der Waals surface area contributed by atoms with E-state index in [0.717, 1.165) is 5.69 Å². The van der Waals surface area contributed by atoms with Crippen LogP contribution in [0.3, 0.4) is 0 Å². The molecule has 1 heterocycles. The van der Waals surface area contributed by atoms with Crippen LogP contribution in [0.1, 0.15) is 32.5 Å². The predicted octanol–water partition coefficient (Wildman–Crippen LogP) is 2.02. The van der Waals surface area contributed by atoms with Crippen molar-refractivity contribution >= 4 is 22.4 Å². The molecule has 1 atom stereocenters. The van der Waals surface area contributed by atoms with Crippen LogP contribution in [0.15, 0.2) is 5.38 Å². The third-order valence-electron chi connectivity index (χ3n) is 2.15. The van der Waals surface area contributed by atoms with E-state index in [2.05, 4.69) is 15.6 Å². The number of amides is 1. The number of nitrogens with zero attached hydrogens (tertiary/aromatic N) is 1. The lowest BCUT2D eigenvalue weighted by atomic mass is 10.2. The number of carbonyl (C=O) groups excluding carboxylic acids is 1. The number of rotatable bonds is 4. The molecule has 2 N–H and O–H groups in total. The first-order valence-corrected chi connectivity index (χ1v) is 5.86. The van der Waals surface area contributed by atoms with Gasteiger partial charge in [-0.05, 0) is 14.0 Å². The van der Waals surface area contributed by atoms with Gasteiger partial charge in [-0.15, -0.1) is 11.3 Å². The van der Waals surface area contributed by atoms with Crippen molar-refractivity contribution in [3.63, 3.8) is 0 Å². The van der Waals surface area contributed by atoms with Gasteiger partial charge in [0.25, 0.3) is 0 Å². The lowest BCUT2D eigenvalue weighted by Gasteiger charge is -2.06. The summed E-state index contributed by atoms with van der Waals surface area (Å²) in [6.07, 6.45) is 0. The fourth-order valence-corrected chi connectivity index (χ4v) is 1.75. The molecule has 0 fully saturated rings. The summed E-state index contributed by atoms with van der Waals surface area (Å²) < 4.78 is 0. The SMILES string of the molecule is CNC(C)c1csc(NC(=O)C(C)C)n1. The topological polar surface area (TPSA) is 54.0 Å². The summed E-state index contributed by atoms with van der Waals surface area (Å²) in [4.78, 5) is 15.7. The largest absolute Gasteiger partial charge is 0.312 e. The molecule has 1 aromatic rings. The van der Waals surface area contributed by atoms with Crippen molar-refractivity contribution in [1.29, 1.82) is 0 Å². The third-order valence-corrected chi connectivity index (χ3v) is 2.93. The lowest BCUT2D eigenvalue weighted by Crippen LogP contribution is -2.18. The van der Waals surface area contributed by atoms with Gasteiger partial charge in [-0.2, -0.15) is 0 Å². The summed E-state index contributed by atoms with van der Waals surface area (Å²) in [5.41, 5.74) is 0.960. The summed E-state index contributed by atoms with van der Waals surface area (Å²) in [5.74, 6) is -0.00733. The van der Waals surface area contributed by atoms with Crippen LogP contribution in [-0.2, 0) is 4.79 Å². The fraction of sp³-hybridized carbons (Fsp3) is 0.600. The molecule has 1 amide bonds. The van der Waals surface area contributed by atoms with E-state index in [1.54, 1.807) is 0 Å². The van der Waals surface area contributed by atoms with Gasteiger partial charge in [-0.3, -0.25) is 4.79 Å². The van der Waals surface area contributed by atoms with Gasteiger partial charge in [-0.1, -0.05) is 13.8 Å². The third kappa shape index (κ3) is 3.28. The standard InChI is InChI=1S/C10H17N3OS/c1-6(2)9(14)13-10-12-8(5-15-10)7(3)11-4/h5-7,11H,1-4H3,(H,12,13,14). The molecule has 0 aromatic carbocycles. The summed E-state index contributed by atoms with van der Waals surface area (Å²) in [7, 11) is 1.89. The quantitative estimate of drug-likeness (QED) is 0.827. The van der Waals surface area contributed by atoms with Crippen molar-refractivity contribution in [3.05, 3.63) is 11.1 Å². The van der Waals surface area contributed by atoms with Crippen LogP contribution < -0.4 is 10.6 Å². The lowest BCUT2D eigenvalue weighted by molar-refractivity contribution is -0.118. The highest BCUT2D eigenvalue weighted by molar-refractivity contribution is 7.13. The minimum atomic E-state index is -0.0147. The molecule has 0 saturated carbocycles. The molecule has 15 heavy (non-hydrogen) atoms. The Labute approximate surface area is 94.1 Å². The Bertz CT molecular complexity index is 335. The number of anilines is 1. The van der Waals surface area contributed by atoms with Crippen molar-refractivity contribution < 1.29 is 4.79 Å². The molecule has 0 aliphatic rings. The fourth-order valence-electron chi connectivity index (χ4n) is 0.940. The molecule has 0 radical (unpaired) electrons. The van der Waals surface area contributed by atoms with Gasteiger partial charge in [0.1, 0.15) is 0 Å². The Morgan fingerprint density at radius 2 is 2.13 bits per heavy atom. The van der Waals surface area contributed by atoms with Crippen LogP contribution in [-0.4, -0.2) is 17.9 Å². The number of thiazole rings is 1. The van der Waals surface area contributed by atoms with Gasteiger partial charge >= 0.3 is 0 Å². The van der Waals surface area contributed by atoms with Crippen LogP contribution >= 0.6 is 11.3 Å². The number of nitrogens with one attached hydrogen (secondary N) is 2. The Morgan fingerprint density at radius 3 is 2.67 bits per heavy atom. The Kier molecular flexibility index (Phi) is 4.23. The van der Waals surface area contributed by atoms with Crippen LogP contribution in [0.2, 0.25) is 0 Å². The van der Waals surface area contributed by atoms with E-state index >= 15 is 0 Å². The molecule has 0 bridgehead atoms. The van der Waals surface area contributed by atoms with Crippen molar-refractivity contribution in [2.75, 3.05) is 12.4 Å². The molecule has 1 rings (SSSR count). The highest BCUT2D eigenvalue weighted by atomic mass is 32.1. The minimum Gasteiger partial charge on any atom is -0.312 e. The first-order valence-electron chi connectivity index (χ1n) is 4.98. The maximum atomic E-state index is 11.4. The first kappa shape index (κ1) is 12.1. The van der Waals surface area contributed by atoms with E-state index in [4.69, 9.17) is 0 Å². The zero-order valence-corrected chi connectivity index (χ0v) is 10.3. The molecule has 5 heteroatoms. The monoisotopic (exact) mass is 227 g/mol. The van der Waals surface area contributed by atoms with Crippen LogP contribution in [0, 0.1) is 5.92 Å². The Hall–Kier alpha value is -0.940. The van der Waals surface area contributed by atoms with Crippen molar-refractivity contribution in [3.8, 4) is 0 Å². The van der Waals surface area contributed by atoms with Gasteiger partial charge < -0.3 is 10.6 Å². The number of hydrogen-bond donors (Lipinski definition) is 2. The highest BCUT2D eigenvalue weighted by Crippen LogP contribution is 2.20. The zero-order valence-electron chi connectivity index (χ0n) is 9.50. The van der Waals surface area contributed by atoms with E-state index < -0.39 is 0 Å². The maximum Gasteiger partial charge on any atom is 0.228 e. The highest BCUT2D eigenvalue weighted by Gasteiger charge is 2.11. The molecule has 0 spiro atoms. The zero-order chi connectivity index (χ0) is 11.4. The molecule has 0 aliphatic carbocycles. The van der Waals surface area contributed by atoms with Gasteiger partial charge in [0.2, 0.25) is 5.91 Å². The van der Waals surface area contributed by atoms with E-state index in [-0.39, 0.29) is 17.9 Å². The molecule has 0 aliphatic heterocycles. The van der Waals surface area contributed by atoms with E-state index in [9.17, 15) is 4.79 Å². The van der Waals surface area contributed by atoms with E-state index in [1.165, 1.54) is 11.3 Å². The molecular formula is C10H17N3OS. The van der Waals surface area contributed by atoms with Crippen LogP contribution in [0.5, 0.6) is 0 Å². The smallest absolute Gasteiger partial charge is 0.228 e. The second-order valence-electron chi connectivity index (χ2n) is 3.73. The summed E-state index contributed by atoms with van der Waals surface area (Å²) >= 11 is 1.46. The molecular weight excluding hydrogens is 210 g/mol. The minimum absolute atomic E-state index is 0.00742. The first-order chi connectivity index (χ1) is 7.04. The summed E-state index contributed by atoms with van der Waals surface area (Å²) in [6.45, 7) is 5.75. The Morgan fingerprint density at radius 1 is 1.47 bits per heavy atom. The molecule has 4 nitrogen and oxygen atoms in total. The van der Waals surface area contributed by atoms with Crippen molar-refractivity contribution in [1.82, 2.24) is 10.3 Å². The van der Waals surface area contributed by atoms with Gasteiger partial charge in [0.05, 0.1) is 5.69 Å². The van der Waals surface area contributed by atoms with Gasteiger partial charge in [0, 0.05) is 17.3 Å². The van der Waals surface area contributed by atoms with Crippen LogP contribution in [0.4, 0.5) is 5.13 Å². The summed E-state index contributed by atoms with van der Waals surface area (Å²) in [5, 5.41) is 8.51. The number of hydrogen-bond acceptors (Lipinski definition) is 4. The molecule has 0 saturated heterocycles. The second kappa shape index (κ2) is 5.23. The number of aromatic nitrogens is 1. The second-order valence-corrected chi connectivity index (χ2v) is 4.59. The van der Waals surface area contributed by atoms with E-state index in [1.807, 2.05) is 33.2 Å². The Balaban J connectivity index is 2.64.